The molecule has 1 N–H and O–H groups in total. The number of benzene rings is 3. The predicted octanol–water partition coefficient (Wildman–Crippen LogP) is 7.47. The van der Waals surface area contributed by atoms with E-state index in [0.717, 1.165) is 60.4 Å². The first kappa shape index (κ1) is 30.6. The third-order valence-corrected chi connectivity index (χ3v) is 10.4. The number of fused-ring (bicyclic) bond motifs is 2. The average molecular weight is 672 g/mol. The smallest absolute Gasteiger partial charge is 0.265 e. The van der Waals surface area contributed by atoms with Crippen LogP contribution in [-0.2, 0) is 26.0 Å². The van der Waals surface area contributed by atoms with Crippen molar-refractivity contribution in [3.05, 3.63) is 80.7 Å². The van der Waals surface area contributed by atoms with Gasteiger partial charge in [-0.3, -0.25) is 0 Å². The van der Waals surface area contributed by atoms with E-state index in [9.17, 15) is 13.0 Å². The van der Waals surface area contributed by atoms with Gasteiger partial charge in [0.2, 0.25) is 5.52 Å². The lowest BCUT2D eigenvalue weighted by Gasteiger charge is -2.20. The minimum atomic E-state index is -4.32. The Morgan fingerprint density at radius 3 is 2.54 bits per heavy atom. The second kappa shape index (κ2) is 13.6. The molecule has 5 rings (SSSR count). The van der Waals surface area contributed by atoms with Gasteiger partial charge in [0.15, 0.2) is 6.54 Å². The van der Waals surface area contributed by atoms with Crippen molar-refractivity contribution in [1.82, 2.24) is 0 Å². The average Bonchev–Trinajstić information content (AvgIpc) is 3.45. The van der Waals surface area contributed by atoms with Gasteiger partial charge < -0.3 is 9.45 Å². The second-order valence-corrected chi connectivity index (χ2v) is 14.4. The number of thioether (sulfide) groups is 1. The summed E-state index contributed by atoms with van der Waals surface area (Å²) < 4.78 is 41.7. The zero-order valence-electron chi connectivity index (χ0n) is 21.4. The van der Waals surface area contributed by atoms with Crippen LogP contribution in [0.15, 0.2) is 70.6 Å². The maximum Gasteiger partial charge on any atom is 0.265 e. The van der Waals surface area contributed by atoms with Gasteiger partial charge in [-0.05, 0) is 53.9 Å². The van der Waals surface area contributed by atoms with E-state index in [1.54, 1.807) is 23.1 Å². The molecule has 1 aromatic heterocycles. The van der Waals surface area contributed by atoms with Gasteiger partial charge in [0, 0.05) is 57.5 Å². The van der Waals surface area contributed by atoms with Gasteiger partial charge in [0.25, 0.3) is 5.01 Å². The normalized spacial score (nSPS) is 14.3. The van der Waals surface area contributed by atoms with E-state index >= 15 is 0 Å². The highest BCUT2D eigenvalue weighted by atomic mass is 35.5. The summed E-state index contributed by atoms with van der Waals surface area (Å²) in [7, 11) is -4.32. The van der Waals surface area contributed by atoms with E-state index in [1.807, 2.05) is 47.4 Å². The summed E-state index contributed by atoms with van der Waals surface area (Å²) in [6.45, 7) is 1.03. The topological polar surface area (TPSA) is 103 Å². The zero-order valence-corrected chi connectivity index (χ0v) is 26.1. The summed E-state index contributed by atoms with van der Waals surface area (Å²) in [5.74, 6) is 0.150. The van der Waals surface area contributed by atoms with Crippen LogP contribution in [0.2, 0.25) is 10.0 Å². The monoisotopic (exact) mass is 670 g/mol. The van der Waals surface area contributed by atoms with Crippen molar-refractivity contribution < 1.29 is 32.2 Å². The number of thiazole rings is 1. The molecule has 0 spiro atoms. The van der Waals surface area contributed by atoms with E-state index in [1.165, 1.54) is 0 Å². The fraction of sp³-hybridized carbons (Fsp3) is 0.222. The summed E-state index contributed by atoms with van der Waals surface area (Å²) >= 11 is 16.6. The first-order valence-corrected chi connectivity index (χ1v) is 17.3. The van der Waals surface area contributed by atoms with Crippen LogP contribution < -0.4 is 9.47 Å². The minimum absolute atomic E-state index is 0.191. The number of aromatic nitrogens is 1. The van der Waals surface area contributed by atoms with Crippen LogP contribution in [-0.4, -0.2) is 36.3 Å². The molecule has 0 fully saturated rings. The van der Waals surface area contributed by atoms with Crippen molar-refractivity contribution in [3.63, 3.8) is 0 Å². The molecule has 1 aliphatic heterocycles. The van der Waals surface area contributed by atoms with E-state index in [4.69, 9.17) is 28.5 Å². The molecule has 0 saturated heterocycles. The van der Waals surface area contributed by atoms with Crippen molar-refractivity contribution in [2.45, 2.75) is 24.3 Å². The Morgan fingerprint density at radius 1 is 1.02 bits per heavy atom. The van der Waals surface area contributed by atoms with Gasteiger partial charge in [-0.1, -0.05) is 69.5 Å². The molecule has 0 saturated carbocycles. The molecule has 4 aromatic rings. The number of nitrogens with zero attached hydrogens (tertiary/aromatic N) is 2. The molecule has 0 radical (unpaired) electrons. The molecule has 2 heterocycles. The van der Waals surface area contributed by atoms with Crippen LogP contribution in [0.5, 0.6) is 0 Å². The van der Waals surface area contributed by atoms with Gasteiger partial charge >= 0.3 is 0 Å². The van der Waals surface area contributed by atoms with Crippen LogP contribution in [0.1, 0.15) is 17.8 Å². The summed E-state index contributed by atoms with van der Waals surface area (Å²) in [6.07, 6.45) is 3.02. The Balaban J connectivity index is 1.53. The molecule has 0 amide bonds. The number of hydrogen-bond acceptors (Lipinski definition) is 10. The molecule has 3 aromatic carbocycles. The van der Waals surface area contributed by atoms with E-state index in [0.29, 0.717) is 28.9 Å². The van der Waals surface area contributed by atoms with Gasteiger partial charge in [0.05, 0.1) is 26.9 Å². The van der Waals surface area contributed by atoms with Gasteiger partial charge in [-0.2, -0.15) is 4.57 Å². The van der Waals surface area contributed by atoms with Gasteiger partial charge in [0.1, 0.15) is 4.70 Å². The van der Waals surface area contributed by atoms with E-state index in [-0.39, 0.29) is 6.42 Å². The van der Waals surface area contributed by atoms with E-state index < -0.39 is 15.9 Å². The second-order valence-electron chi connectivity index (χ2n) is 9.06. The van der Waals surface area contributed by atoms with Gasteiger partial charge in [-0.25, -0.2) is 13.7 Å². The maximum absolute atomic E-state index is 11.3. The zero-order chi connectivity index (χ0) is 29.0. The van der Waals surface area contributed by atoms with Gasteiger partial charge in [-0.15, -0.1) is 4.33 Å². The number of anilines is 1. The summed E-state index contributed by atoms with van der Waals surface area (Å²) in [5.41, 5.74) is 4.05. The van der Waals surface area contributed by atoms with Crippen LogP contribution in [0.25, 0.3) is 27.4 Å². The minimum Gasteiger partial charge on any atom is -0.748 e. The lowest BCUT2D eigenvalue weighted by Crippen LogP contribution is -2.35. The van der Waals surface area contributed by atoms with E-state index in [2.05, 4.69) is 38.2 Å². The first-order chi connectivity index (χ1) is 19.7. The number of aryl methyl sites for hydroxylation is 1. The Bertz CT molecular complexity index is 1680. The predicted molar refractivity (Wildman–Crippen MR) is 166 cm³/mol. The standard InChI is InChI=1S/C27H24Cl2N2O6S4/c28-20-6-3-18(4-7-20)19-5-9-24-22(15-19)30(11-1-13-38-37-36-32)26(39-24)17-27-31(12-2-14-41(33,34)35)23-16-21(29)8-10-25(23)40-27/h3-10,15-17H,1-2,11-14H2,(H-,32,33,34,35). The molecule has 1 aliphatic rings. The van der Waals surface area contributed by atoms with Crippen LogP contribution in [0.4, 0.5) is 5.69 Å². The molecule has 0 atom stereocenters. The fourth-order valence-corrected chi connectivity index (χ4v) is 7.93. The quantitative estimate of drug-likeness (QED) is 0.0410. The van der Waals surface area contributed by atoms with Crippen LogP contribution in [0.3, 0.4) is 0 Å². The Kier molecular flexibility index (Phi) is 10.2. The number of halogens is 2. The highest BCUT2D eigenvalue weighted by Crippen LogP contribution is 2.48. The van der Waals surface area contributed by atoms with Crippen LogP contribution >= 0.6 is 58.3 Å². The number of hydrogen-bond donors (Lipinski definition) is 1. The molecule has 0 unspecified atom stereocenters. The summed E-state index contributed by atoms with van der Waals surface area (Å²) in [4.78, 5) is 3.02. The Morgan fingerprint density at radius 2 is 1.78 bits per heavy atom. The highest BCUT2D eigenvalue weighted by molar-refractivity contribution is 8.04. The molecule has 0 bridgehead atoms. The van der Waals surface area contributed by atoms with Crippen molar-refractivity contribution >= 4 is 90.4 Å². The van der Waals surface area contributed by atoms with Crippen molar-refractivity contribution in [3.8, 4) is 11.1 Å². The third-order valence-electron chi connectivity index (χ3n) is 6.31. The molecule has 14 heteroatoms. The Labute approximate surface area is 260 Å². The third kappa shape index (κ3) is 7.77. The molecule has 8 nitrogen and oxygen atoms in total. The number of rotatable bonds is 12. The molecule has 0 aliphatic carbocycles. The lowest BCUT2D eigenvalue weighted by atomic mass is 10.1. The maximum atomic E-state index is 11.3. The molecular weight excluding hydrogens is 647 g/mol. The molecular formula is C27H24Cl2N2O6S4. The summed E-state index contributed by atoms with van der Waals surface area (Å²) in [6, 6.07) is 19.7. The fourth-order valence-electron chi connectivity index (χ4n) is 4.52. The van der Waals surface area contributed by atoms with Crippen molar-refractivity contribution in [1.29, 1.82) is 0 Å². The lowest BCUT2D eigenvalue weighted by molar-refractivity contribution is -0.668. The Hall–Kier alpha value is -1.84. The largest absolute Gasteiger partial charge is 0.748 e. The van der Waals surface area contributed by atoms with Crippen molar-refractivity contribution in [2.24, 2.45) is 0 Å². The van der Waals surface area contributed by atoms with Crippen LogP contribution in [0, 0.1) is 0 Å². The summed E-state index contributed by atoms with van der Waals surface area (Å²) in [5, 5.41) is 15.3. The first-order valence-electron chi connectivity index (χ1n) is 12.4. The molecule has 41 heavy (non-hydrogen) atoms. The molecule has 216 valence electrons. The highest BCUT2D eigenvalue weighted by Gasteiger charge is 2.28. The van der Waals surface area contributed by atoms with Crippen molar-refractivity contribution in [2.75, 3.05) is 23.0 Å². The SMILES string of the molecule is O=S(=O)([O-])CCCN1C(=Cc2sc3ccc(-c4ccc(Cl)cc4)cc3[n+]2CCCSOOO)Sc2ccc(Cl)cc21.